The molecule has 0 atom stereocenters. The van der Waals surface area contributed by atoms with Crippen LogP contribution in [0.4, 0.5) is 5.69 Å². The monoisotopic (exact) mass is 303 g/mol. The van der Waals surface area contributed by atoms with E-state index in [4.69, 9.17) is 9.47 Å². The fourth-order valence-corrected chi connectivity index (χ4v) is 1.79. The molecule has 0 aliphatic heterocycles. The molecule has 1 aromatic carbocycles. The molecule has 2 aromatic rings. The van der Waals surface area contributed by atoms with Crippen molar-refractivity contribution in [2.45, 2.75) is 13.5 Å². The van der Waals surface area contributed by atoms with Gasteiger partial charge in [-0.05, 0) is 24.3 Å². The van der Waals surface area contributed by atoms with Gasteiger partial charge < -0.3 is 14.8 Å². The van der Waals surface area contributed by atoms with Crippen LogP contribution in [-0.2, 0) is 11.3 Å². The first-order chi connectivity index (χ1) is 10.6. The Labute approximate surface area is 127 Å². The molecule has 7 nitrogen and oxygen atoms in total. The van der Waals surface area contributed by atoms with Crippen molar-refractivity contribution in [2.24, 2.45) is 0 Å². The van der Waals surface area contributed by atoms with Crippen molar-refractivity contribution in [1.29, 1.82) is 0 Å². The first-order valence-corrected chi connectivity index (χ1v) is 6.71. The third-order valence-corrected chi connectivity index (χ3v) is 2.80. The van der Waals surface area contributed by atoms with Gasteiger partial charge in [0.2, 0.25) is 11.8 Å². The number of nitrogens with one attached hydrogen (secondary N) is 1. The van der Waals surface area contributed by atoms with Crippen molar-refractivity contribution in [3.05, 3.63) is 46.8 Å². The van der Waals surface area contributed by atoms with Crippen LogP contribution in [-0.4, -0.2) is 29.4 Å². The molecule has 7 heteroatoms. The number of anilines is 1. The number of hydrogen-bond acceptors (Lipinski definition) is 5. The summed E-state index contributed by atoms with van der Waals surface area (Å²) < 4.78 is 11.8. The number of aromatic nitrogens is 2. The lowest BCUT2D eigenvalue weighted by molar-refractivity contribution is -0.114. The van der Waals surface area contributed by atoms with E-state index in [-0.39, 0.29) is 11.5 Å². The molecular formula is C15H17N3O4. The highest BCUT2D eigenvalue weighted by Gasteiger charge is 2.02. The van der Waals surface area contributed by atoms with Gasteiger partial charge in [0.15, 0.2) is 0 Å². The molecule has 0 unspecified atom stereocenters. The summed E-state index contributed by atoms with van der Waals surface area (Å²) in [5.74, 6) is 0.890. The van der Waals surface area contributed by atoms with E-state index >= 15 is 0 Å². The lowest BCUT2D eigenvalue weighted by Gasteiger charge is -2.09. The van der Waals surface area contributed by atoms with Crippen LogP contribution in [0.1, 0.15) is 6.92 Å². The van der Waals surface area contributed by atoms with Gasteiger partial charge in [-0.15, -0.1) is 5.10 Å². The first-order valence-electron chi connectivity index (χ1n) is 6.71. The van der Waals surface area contributed by atoms with Crippen LogP contribution in [0, 0.1) is 0 Å². The van der Waals surface area contributed by atoms with Crippen molar-refractivity contribution in [3.63, 3.8) is 0 Å². The van der Waals surface area contributed by atoms with E-state index in [1.807, 2.05) is 0 Å². The van der Waals surface area contributed by atoms with E-state index in [1.165, 1.54) is 30.8 Å². The SMILES string of the molecule is COc1ccc(=O)n(CCOc2ccc(NC(C)=O)cc2)n1. The van der Waals surface area contributed by atoms with Crippen LogP contribution in [0.15, 0.2) is 41.2 Å². The van der Waals surface area contributed by atoms with Gasteiger partial charge in [-0.25, -0.2) is 4.68 Å². The van der Waals surface area contributed by atoms with Gasteiger partial charge >= 0.3 is 0 Å². The molecule has 116 valence electrons. The molecule has 0 saturated carbocycles. The van der Waals surface area contributed by atoms with Crippen molar-refractivity contribution < 1.29 is 14.3 Å². The minimum absolute atomic E-state index is 0.128. The Morgan fingerprint density at radius 3 is 2.59 bits per heavy atom. The largest absolute Gasteiger partial charge is 0.492 e. The van der Waals surface area contributed by atoms with Crippen LogP contribution in [0.2, 0.25) is 0 Å². The fourth-order valence-electron chi connectivity index (χ4n) is 1.79. The minimum atomic E-state index is -0.217. The summed E-state index contributed by atoms with van der Waals surface area (Å²) in [7, 11) is 1.49. The Hall–Kier alpha value is -2.83. The number of methoxy groups -OCH3 is 1. The number of carbonyl (C=O) groups excluding carboxylic acids is 1. The van der Waals surface area contributed by atoms with Gasteiger partial charge in [-0.3, -0.25) is 9.59 Å². The van der Waals surface area contributed by atoms with E-state index in [0.717, 1.165) is 0 Å². The quantitative estimate of drug-likeness (QED) is 0.869. The van der Waals surface area contributed by atoms with E-state index in [0.29, 0.717) is 30.5 Å². The molecule has 1 N–H and O–H groups in total. The average molecular weight is 303 g/mol. The maximum atomic E-state index is 11.6. The summed E-state index contributed by atoms with van der Waals surface area (Å²) in [6.07, 6.45) is 0. The molecule has 22 heavy (non-hydrogen) atoms. The van der Waals surface area contributed by atoms with Gasteiger partial charge in [0.25, 0.3) is 5.56 Å². The van der Waals surface area contributed by atoms with Crippen molar-refractivity contribution >= 4 is 11.6 Å². The molecule has 0 bridgehead atoms. The van der Waals surface area contributed by atoms with E-state index in [9.17, 15) is 9.59 Å². The normalized spacial score (nSPS) is 10.1. The Bertz CT molecular complexity index is 695. The fraction of sp³-hybridized carbons (Fsp3) is 0.267. The zero-order valence-electron chi connectivity index (χ0n) is 12.4. The van der Waals surface area contributed by atoms with Gasteiger partial charge in [-0.1, -0.05) is 0 Å². The second-order valence-electron chi connectivity index (χ2n) is 4.49. The zero-order chi connectivity index (χ0) is 15.9. The summed E-state index contributed by atoms with van der Waals surface area (Å²) in [6, 6.07) is 9.88. The number of ether oxygens (including phenoxy) is 2. The van der Waals surface area contributed by atoms with Crippen molar-refractivity contribution in [3.8, 4) is 11.6 Å². The topological polar surface area (TPSA) is 82.5 Å². The molecule has 1 amide bonds. The summed E-state index contributed by atoms with van der Waals surface area (Å²) in [6.45, 7) is 2.05. The summed E-state index contributed by atoms with van der Waals surface area (Å²) >= 11 is 0. The molecule has 0 aliphatic carbocycles. The highest BCUT2D eigenvalue weighted by molar-refractivity contribution is 5.88. The standard InChI is InChI=1S/C15H17N3O4/c1-11(19)16-12-3-5-13(6-4-12)22-10-9-18-15(20)8-7-14(17-18)21-2/h3-8H,9-10H2,1-2H3,(H,16,19). The molecular weight excluding hydrogens is 286 g/mol. The van der Waals surface area contributed by atoms with Crippen molar-refractivity contribution in [1.82, 2.24) is 9.78 Å². The maximum absolute atomic E-state index is 11.6. The summed E-state index contributed by atoms with van der Waals surface area (Å²) in [5, 5.41) is 6.69. The van der Waals surface area contributed by atoms with Gasteiger partial charge in [-0.2, -0.15) is 0 Å². The first kappa shape index (κ1) is 15.6. The van der Waals surface area contributed by atoms with Crippen molar-refractivity contribution in [2.75, 3.05) is 19.0 Å². The predicted octanol–water partition coefficient (Wildman–Crippen LogP) is 1.29. The number of benzene rings is 1. The zero-order valence-corrected chi connectivity index (χ0v) is 12.4. The molecule has 2 rings (SSSR count). The molecule has 1 aromatic heterocycles. The maximum Gasteiger partial charge on any atom is 0.267 e. The average Bonchev–Trinajstić information content (AvgIpc) is 2.50. The minimum Gasteiger partial charge on any atom is -0.492 e. The number of rotatable bonds is 6. The van der Waals surface area contributed by atoms with Gasteiger partial charge in [0.1, 0.15) is 12.4 Å². The van der Waals surface area contributed by atoms with Gasteiger partial charge in [0.05, 0.1) is 13.7 Å². The lowest BCUT2D eigenvalue weighted by Crippen LogP contribution is -2.25. The summed E-state index contributed by atoms with van der Waals surface area (Å²) in [5.41, 5.74) is 0.482. The van der Waals surface area contributed by atoms with Crippen LogP contribution in [0.5, 0.6) is 11.6 Å². The highest BCUT2D eigenvalue weighted by Crippen LogP contribution is 2.15. The van der Waals surface area contributed by atoms with E-state index in [1.54, 1.807) is 24.3 Å². The third-order valence-electron chi connectivity index (χ3n) is 2.80. The Balaban J connectivity index is 1.91. The van der Waals surface area contributed by atoms with Gasteiger partial charge in [0, 0.05) is 24.7 Å². The molecule has 0 saturated heterocycles. The van der Waals surface area contributed by atoms with Crippen LogP contribution >= 0.6 is 0 Å². The van der Waals surface area contributed by atoms with E-state index < -0.39 is 0 Å². The molecule has 0 spiro atoms. The molecule has 0 fully saturated rings. The third kappa shape index (κ3) is 4.34. The molecule has 0 aliphatic rings. The highest BCUT2D eigenvalue weighted by atomic mass is 16.5. The van der Waals surface area contributed by atoms with Crippen LogP contribution < -0.4 is 20.3 Å². The second-order valence-corrected chi connectivity index (χ2v) is 4.49. The molecule has 0 radical (unpaired) electrons. The van der Waals surface area contributed by atoms with E-state index in [2.05, 4.69) is 10.4 Å². The number of carbonyl (C=O) groups is 1. The lowest BCUT2D eigenvalue weighted by atomic mass is 10.3. The smallest absolute Gasteiger partial charge is 0.267 e. The Morgan fingerprint density at radius 2 is 1.95 bits per heavy atom. The Kier molecular flexibility index (Phi) is 5.13. The number of hydrogen-bond donors (Lipinski definition) is 1. The van der Waals surface area contributed by atoms with Crippen LogP contribution in [0.3, 0.4) is 0 Å². The van der Waals surface area contributed by atoms with Crippen LogP contribution in [0.25, 0.3) is 0 Å². The number of nitrogens with zero attached hydrogens (tertiary/aromatic N) is 2. The predicted molar refractivity (Wildman–Crippen MR) is 81.3 cm³/mol. The number of amides is 1. The Morgan fingerprint density at radius 1 is 1.23 bits per heavy atom. The second kappa shape index (κ2) is 7.26. The summed E-state index contributed by atoms with van der Waals surface area (Å²) in [4.78, 5) is 22.5. The molecule has 1 heterocycles.